The van der Waals surface area contributed by atoms with Crippen molar-refractivity contribution in [3.63, 3.8) is 0 Å². The van der Waals surface area contributed by atoms with E-state index in [2.05, 4.69) is 4.84 Å². The fraction of sp³-hybridized carbons (Fsp3) is 0.545. The number of hydrogen-bond acceptors (Lipinski definition) is 9. The number of imide groups is 2. The first kappa shape index (κ1) is 17.0. The molecule has 0 bridgehead atoms. The smallest absolute Gasteiger partial charge is 0.535 e. The molecule has 2 aliphatic heterocycles. The Balaban J connectivity index is 2.13. The highest BCUT2D eigenvalue weighted by Crippen LogP contribution is 2.32. The van der Waals surface area contributed by atoms with Crippen molar-refractivity contribution in [2.24, 2.45) is 0 Å². The Morgan fingerprint density at radius 3 is 2.22 bits per heavy atom. The second kappa shape index (κ2) is 6.04. The number of amides is 4. The SMILES string of the molecule is CCC1(OC(=O)ON2C(=O)CCC2=O)CC(=O)N(S(=O)[O-])C1=O. The van der Waals surface area contributed by atoms with E-state index in [-0.39, 0.29) is 28.6 Å². The van der Waals surface area contributed by atoms with E-state index < -0.39 is 53.1 Å². The highest BCUT2D eigenvalue weighted by molar-refractivity contribution is 7.78. The molecule has 4 amide bonds. The number of ether oxygens (including phenoxy) is 1. The average Bonchev–Trinajstić information content (AvgIpc) is 2.90. The van der Waals surface area contributed by atoms with Gasteiger partial charge in [0.15, 0.2) is 0 Å². The number of carbonyl (C=O) groups excluding carboxylic acids is 5. The molecule has 0 aromatic rings. The van der Waals surface area contributed by atoms with E-state index in [1.807, 2.05) is 0 Å². The van der Waals surface area contributed by atoms with Crippen molar-refractivity contribution < 1.29 is 42.3 Å². The normalized spacial score (nSPS) is 26.0. The summed E-state index contributed by atoms with van der Waals surface area (Å²) in [5, 5.41) is 0.205. The van der Waals surface area contributed by atoms with Gasteiger partial charge in [-0.3, -0.25) is 28.2 Å². The third kappa shape index (κ3) is 2.94. The van der Waals surface area contributed by atoms with Gasteiger partial charge in [0.2, 0.25) is 11.5 Å². The topological polar surface area (TPSA) is 150 Å². The lowest BCUT2D eigenvalue weighted by atomic mass is 9.99. The van der Waals surface area contributed by atoms with Crippen LogP contribution in [0, 0.1) is 0 Å². The van der Waals surface area contributed by atoms with Crippen molar-refractivity contribution in [1.82, 2.24) is 9.37 Å². The van der Waals surface area contributed by atoms with Crippen molar-refractivity contribution in [2.45, 2.75) is 38.2 Å². The number of nitrogens with zero attached hydrogens (tertiary/aromatic N) is 2. The van der Waals surface area contributed by atoms with Crippen LogP contribution in [0.5, 0.6) is 0 Å². The van der Waals surface area contributed by atoms with Crippen LogP contribution in [-0.4, -0.2) is 53.5 Å². The quantitative estimate of drug-likeness (QED) is 0.351. The minimum atomic E-state index is -3.15. The van der Waals surface area contributed by atoms with Crippen molar-refractivity contribution in [3.8, 4) is 0 Å². The van der Waals surface area contributed by atoms with Crippen LogP contribution in [0.25, 0.3) is 0 Å². The first-order valence-corrected chi connectivity index (χ1v) is 7.48. The molecule has 0 aromatic heterocycles. The minimum absolute atomic E-state index is 0.0526. The molecule has 23 heavy (non-hydrogen) atoms. The van der Waals surface area contributed by atoms with Gasteiger partial charge in [-0.1, -0.05) is 12.0 Å². The Morgan fingerprint density at radius 1 is 1.22 bits per heavy atom. The van der Waals surface area contributed by atoms with Gasteiger partial charge in [0.05, 0.1) is 17.7 Å². The molecular weight excluding hydrogens is 336 g/mol. The van der Waals surface area contributed by atoms with E-state index in [1.54, 1.807) is 0 Å². The van der Waals surface area contributed by atoms with E-state index in [0.717, 1.165) is 0 Å². The van der Waals surface area contributed by atoms with E-state index in [0.29, 0.717) is 0 Å². The third-order valence-electron chi connectivity index (χ3n) is 3.41. The molecule has 12 heteroatoms. The predicted octanol–water partition coefficient (Wildman–Crippen LogP) is -1.09. The van der Waals surface area contributed by atoms with Crippen molar-refractivity contribution in [1.29, 1.82) is 0 Å². The average molecular weight is 347 g/mol. The third-order valence-corrected chi connectivity index (χ3v) is 4.08. The molecule has 0 N–H and O–H groups in total. The summed E-state index contributed by atoms with van der Waals surface area (Å²) in [6.45, 7) is 1.39. The van der Waals surface area contributed by atoms with E-state index in [1.165, 1.54) is 6.92 Å². The molecule has 0 radical (unpaired) electrons. The monoisotopic (exact) mass is 347 g/mol. The lowest BCUT2D eigenvalue weighted by Crippen LogP contribution is -2.45. The molecular formula is C11H11N2O9S-. The predicted molar refractivity (Wildman–Crippen MR) is 67.1 cm³/mol. The molecule has 2 saturated heterocycles. The van der Waals surface area contributed by atoms with Crippen LogP contribution in [0.3, 0.4) is 0 Å². The molecule has 126 valence electrons. The Morgan fingerprint density at radius 2 is 1.78 bits per heavy atom. The van der Waals surface area contributed by atoms with Gasteiger partial charge in [0.25, 0.3) is 17.7 Å². The molecule has 0 spiro atoms. The van der Waals surface area contributed by atoms with E-state index in [9.17, 15) is 32.7 Å². The number of carbonyl (C=O) groups is 5. The fourth-order valence-corrected chi connectivity index (χ4v) is 2.71. The van der Waals surface area contributed by atoms with Crippen LogP contribution in [0.4, 0.5) is 4.79 Å². The largest absolute Gasteiger partial charge is 0.755 e. The van der Waals surface area contributed by atoms with Crippen LogP contribution in [0.1, 0.15) is 32.6 Å². The fourth-order valence-electron chi connectivity index (χ4n) is 2.18. The van der Waals surface area contributed by atoms with Crippen LogP contribution in [0.2, 0.25) is 0 Å². The zero-order valence-electron chi connectivity index (χ0n) is 11.8. The van der Waals surface area contributed by atoms with Gasteiger partial charge in [-0.05, 0) is 6.42 Å². The van der Waals surface area contributed by atoms with Gasteiger partial charge in [0, 0.05) is 12.8 Å². The van der Waals surface area contributed by atoms with Crippen LogP contribution >= 0.6 is 0 Å². The van der Waals surface area contributed by atoms with E-state index in [4.69, 9.17) is 4.74 Å². The highest BCUT2D eigenvalue weighted by Gasteiger charge is 2.55. The summed E-state index contributed by atoms with van der Waals surface area (Å²) < 4.78 is 26.5. The Labute approximate surface area is 131 Å². The second-order valence-corrected chi connectivity index (χ2v) is 5.56. The Bertz CT molecular complexity index is 617. The minimum Gasteiger partial charge on any atom is -0.755 e. The van der Waals surface area contributed by atoms with Crippen molar-refractivity contribution in [3.05, 3.63) is 0 Å². The molecule has 0 aromatic carbocycles. The summed E-state index contributed by atoms with van der Waals surface area (Å²) in [5.41, 5.74) is -2.06. The molecule has 2 aliphatic rings. The van der Waals surface area contributed by atoms with Gasteiger partial charge in [0.1, 0.15) is 0 Å². The van der Waals surface area contributed by atoms with Crippen LogP contribution in [0.15, 0.2) is 0 Å². The summed E-state index contributed by atoms with van der Waals surface area (Å²) in [5.74, 6) is -3.82. The maximum atomic E-state index is 12.0. The Kier molecular flexibility index (Phi) is 4.47. The molecule has 11 nitrogen and oxygen atoms in total. The van der Waals surface area contributed by atoms with Gasteiger partial charge < -0.3 is 9.29 Å². The Hall–Kier alpha value is -2.34. The van der Waals surface area contributed by atoms with Crippen LogP contribution in [-0.2, 0) is 40.0 Å². The summed E-state index contributed by atoms with van der Waals surface area (Å²) in [6, 6.07) is 0. The number of rotatable bonds is 4. The first-order valence-electron chi connectivity index (χ1n) is 6.45. The zero-order valence-corrected chi connectivity index (χ0v) is 12.6. The lowest BCUT2D eigenvalue weighted by Gasteiger charge is -2.25. The van der Waals surface area contributed by atoms with E-state index >= 15 is 0 Å². The first-order chi connectivity index (χ1) is 10.7. The standard InChI is InChI=1S/C11H12N2O9S/c1-2-11(5-8(16)13(9(11)17)23(19)20)21-10(18)22-12-6(14)3-4-7(12)15/h2-5H2,1H3,(H,19,20)/p-1. The summed E-state index contributed by atoms with van der Waals surface area (Å²) in [7, 11) is 0. The highest BCUT2D eigenvalue weighted by atomic mass is 32.2. The van der Waals surface area contributed by atoms with Crippen LogP contribution < -0.4 is 0 Å². The summed E-state index contributed by atoms with van der Waals surface area (Å²) in [6.07, 6.45) is -2.72. The molecule has 2 rings (SSSR count). The number of hydroxylamine groups is 2. The van der Waals surface area contributed by atoms with Crippen molar-refractivity contribution >= 4 is 41.1 Å². The van der Waals surface area contributed by atoms with Gasteiger partial charge in [-0.25, -0.2) is 9.10 Å². The maximum absolute atomic E-state index is 12.0. The van der Waals surface area contributed by atoms with Gasteiger partial charge >= 0.3 is 6.16 Å². The molecule has 2 fully saturated rings. The molecule has 2 atom stereocenters. The maximum Gasteiger partial charge on any atom is 0.535 e. The van der Waals surface area contributed by atoms with Gasteiger partial charge in [-0.2, -0.15) is 0 Å². The molecule has 0 saturated carbocycles. The molecule has 2 heterocycles. The zero-order chi connectivity index (χ0) is 17.4. The lowest BCUT2D eigenvalue weighted by molar-refractivity contribution is -0.182. The molecule has 0 aliphatic carbocycles. The number of hydrogen-bond donors (Lipinski definition) is 0. The van der Waals surface area contributed by atoms with Crippen molar-refractivity contribution in [2.75, 3.05) is 0 Å². The summed E-state index contributed by atoms with van der Waals surface area (Å²) >= 11 is -3.15. The molecule has 2 unspecified atom stereocenters. The van der Waals surface area contributed by atoms with Gasteiger partial charge in [-0.15, -0.1) is 0 Å². The summed E-state index contributed by atoms with van der Waals surface area (Å²) in [4.78, 5) is 62.4. The second-order valence-electron chi connectivity index (χ2n) is 4.76.